The summed E-state index contributed by atoms with van der Waals surface area (Å²) in [6.45, 7) is 4.53. The van der Waals surface area contributed by atoms with Gasteiger partial charge in [-0.25, -0.2) is 4.98 Å². The number of aliphatic hydroxyl groups is 2. The van der Waals surface area contributed by atoms with Gasteiger partial charge in [-0.15, -0.1) is 0 Å². The van der Waals surface area contributed by atoms with Gasteiger partial charge in [0, 0.05) is 38.8 Å². The Morgan fingerprint density at radius 1 is 0.424 bits per heavy atom. The van der Waals surface area contributed by atoms with Crippen LogP contribution in [0, 0.1) is 0 Å². The van der Waals surface area contributed by atoms with E-state index in [1.165, 1.54) is 109 Å². The van der Waals surface area contributed by atoms with Crippen LogP contribution in [0.5, 0.6) is 11.5 Å². The lowest BCUT2D eigenvalue weighted by Gasteiger charge is -2.13. The molecule has 6 N–H and O–H groups in total. The number of H-pyrrole nitrogens is 2. The molecule has 0 amide bonds. The maximum Gasteiger partial charge on any atom is 0.128 e. The van der Waals surface area contributed by atoms with Gasteiger partial charge in [0.1, 0.15) is 23.7 Å². The van der Waals surface area contributed by atoms with Crippen molar-refractivity contribution < 1.29 is 20.4 Å². The molecule has 2 aliphatic rings. The Balaban J connectivity index is 1.31. The van der Waals surface area contributed by atoms with E-state index in [1.54, 1.807) is 30.3 Å². The zero-order valence-electron chi connectivity index (χ0n) is 39.9. The molecule has 8 heteroatoms. The van der Waals surface area contributed by atoms with E-state index in [1.807, 2.05) is 30.3 Å². The summed E-state index contributed by atoms with van der Waals surface area (Å²) in [6.07, 6.45) is 30.5. The van der Waals surface area contributed by atoms with Crippen LogP contribution >= 0.6 is 0 Å². The zero-order chi connectivity index (χ0) is 46.1. The number of aryl methyl sites for hydroxylation is 2. The van der Waals surface area contributed by atoms with Crippen LogP contribution in [-0.4, -0.2) is 40.4 Å². The van der Waals surface area contributed by atoms with Gasteiger partial charge in [0.15, 0.2) is 0 Å². The minimum absolute atomic E-state index is 0.107. The fourth-order valence-corrected chi connectivity index (χ4v) is 10.1. The molecule has 66 heavy (non-hydrogen) atoms. The summed E-state index contributed by atoms with van der Waals surface area (Å²) >= 11 is 0. The number of aromatic hydroxyl groups is 2. The standard InChI is InChI=1S/C58H76N4O4/c1-3-5-7-9-11-13-15-17-19-21-23-31-45-47-33-36-50(59-47)53(41-27-25-29-43(63)39-41)51-37-35-49(61-51)46(32-24-22-20-18-16-14-12-10-8-6-4-2)55-57(65)58(66)56(62-55)54(52-38-34-48(45)60-52)42-28-26-30-44(64)40-42/h25-30,33-40,57-58,60-61,63-66H,3-24,31-32H2,1-2H3/t57-,58+/m0/s1. The predicted octanol–water partition coefficient (Wildman–Crippen LogP) is 15.7. The number of aliphatic hydroxyl groups excluding tert-OH is 2. The van der Waals surface area contributed by atoms with Crippen molar-refractivity contribution in [1.82, 2.24) is 19.9 Å². The Hall–Kier alpha value is -5.18. The number of hydrogen-bond donors (Lipinski definition) is 6. The van der Waals surface area contributed by atoms with E-state index >= 15 is 0 Å². The third-order valence-corrected chi connectivity index (χ3v) is 13.8. The van der Waals surface area contributed by atoms with Crippen LogP contribution in [0.2, 0.25) is 0 Å². The number of aromatic amines is 2. The first-order valence-corrected chi connectivity index (χ1v) is 25.8. The molecule has 0 spiro atoms. The number of nitrogens with zero attached hydrogens (tertiary/aromatic N) is 2. The topological polar surface area (TPSA) is 138 Å². The summed E-state index contributed by atoms with van der Waals surface area (Å²) in [4.78, 5) is 18.0. The normalized spacial score (nSPS) is 14.7. The summed E-state index contributed by atoms with van der Waals surface area (Å²) in [6, 6.07) is 22.6. The molecule has 2 atom stereocenters. The molecular weight excluding hydrogens is 817 g/mol. The second-order valence-corrected chi connectivity index (χ2v) is 18.9. The Morgan fingerprint density at radius 3 is 1.35 bits per heavy atom. The highest BCUT2D eigenvalue weighted by atomic mass is 16.3. The molecule has 5 heterocycles. The van der Waals surface area contributed by atoms with Crippen LogP contribution in [-0.2, 0) is 12.8 Å². The molecule has 5 aromatic rings. The van der Waals surface area contributed by atoms with E-state index in [2.05, 4.69) is 48.1 Å². The Morgan fingerprint density at radius 2 is 0.833 bits per heavy atom. The van der Waals surface area contributed by atoms with Crippen LogP contribution in [0.4, 0.5) is 0 Å². The van der Waals surface area contributed by atoms with Crippen LogP contribution < -0.4 is 0 Å². The van der Waals surface area contributed by atoms with Crippen molar-refractivity contribution in [3.05, 3.63) is 107 Å². The van der Waals surface area contributed by atoms with Crippen LogP contribution in [0.15, 0.2) is 72.8 Å². The molecule has 8 bridgehead atoms. The number of phenolic OH excluding ortho intramolecular Hbond substituents is 2. The number of phenols is 2. The number of aromatic nitrogens is 4. The summed E-state index contributed by atoms with van der Waals surface area (Å²) in [5.74, 6) is 0.284. The van der Waals surface area contributed by atoms with Crippen LogP contribution in [0.1, 0.15) is 201 Å². The Labute approximate surface area is 393 Å². The van der Waals surface area contributed by atoms with Crippen molar-refractivity contribution in [2.75, 3.05) is 0 Å². The highest BCUT2D eigenvalue weighted by molar-refractivity contribution is 5.92. The minimum Gasteiger partial charge on any atom is -0.508 e. The van der Waals surface area contributed by atoms with E-state index in [0.29, 0.717) is 28.9 Å². The molecule has 0 saturated carbocycles. The molecule has 3 aromatic heterocycles. The van der Waals surface area contributed by atoms with Gasteiger partial charge in [-0.2, -0.15) is 0 Å². The van der Waals surface area contributed by atoms with Gasteiger partial charge < -0.3 is 30.4 Å². The zero-order valence-corrected chi connectivity index (χ0v) is 39.9. The van der Waals surface area contributed by atoms with E-state index in [0.717, 1.165) is 94.2 Å². The first-order valence-electron chi connectivity index (χ1n) is 25.8. The molecule has 0 radical (unpaired) electrons. The highest BCUT2D eigenvalue weighted by Gasteiger charge is 2.34. The number of rotatable bonds is 26. The first-order chi connectivity index (χ1) is 32.4. The average Bonchev–Trinajstić information content (AvgIpc) is 4.15. The average molecular weight is 893 g/mol. The third kappa shape index (κ3) is 12.8. The lowest BCUT2D eigenvalue weighted by molar-refractivity contribution is 0.0252. The summed E-state index contributed by atoms with van der Waals surface area (Å²) in [5.41, 5.74) is 10.8. The van der Waals surface area contributed by atoms with Gasteiger partial charge in [0.05, 0.1) is 22.8 Å². The lowest BCUT2D eigenvalue weighted by atomic mass is 9.97. The van der Waals surface area contributed by atoms with Gasteiger partial charge in [-0.05, 0) is 103 Å². The maximum absolute atomic E-state index is 12.1. The number of fused-ring (bicyclic) bond motifs is 8. The fraction of sp³-hybridized carbons (Fsp3) is 0.483. The van der Waals surface area contributed by atoms with Crippen LogP contribution in [0.3, 0.4) is 0 Å². The van der Waals surface area contributed by atoms with Crippen molar-refractivity contribution in [3.63, 3.8) is 0 Å². The molecular formula is C58H76N4O4. The van der Waals surface area contributed by atoms with Crippen molar-refractivity contribution in [3.8, 4) is 33.8 Å². The minimum atomic E-state index is -1.30. The molecule has 2 aromatic carbocycles. The quantitative estimate of drug-likeness (QED) is 0.0300. The largest absolute Gasteiger partial charge is 0.508 e. The summed E-state index contributed by atoms with van der Waals surface area (Å²) in [7, 11) is 0. The van der Waals surface area contributed by atoms with Crippen molar-refractivity contribution in [1.29, 1.82) is 0 Å². The molecule has 352 valence electrons. The van der Waals surface area contributed by atoms with E-state index < -0.39 is 12.2 Å². The number of benzene rings is 2. The third-order valence-electron chi connectivity index (χ3n) is 13.8. The van der Waals surface area contributed by atoms with E-state index in [-0.39, 0.29) is 11.5 Å². The predicted molar refractivity (Wildman–Crippen MR) is 274 cm³/mol. The second kappa shape index (κ2) is 25.1. The number of hydrogen-bond acceptors (Lipinski definition) is 6. The Bertz CT molecular complexity index is 2520. The summed E-state index contributed by atoms with van der Waals surface area (Å²) < 4.78 is 0. The number of nitrogens with one attached hydrogen (secondary N) is 2. The van der Waals surface area contributed by atoms with Gasteiger partial charge in [-0.1, -0.05) is 167 Å². The summed E-state index contributed by atoms with van der Waals surface area (Å²) in [5, 5.41) is 45.6. The molecule has 2 aliphatic heterocycles. The van der Waals surface area contributed by atoms with Gasteiger partial charge >= 0.3 is 0 Å². The first kappa shape index (κ1) is 48.7. The lowest BCUT2D eigenvalue weighted by Crippen LogP contribution is -2.06. The molecule has 7 rings (SSSR count). The van der Waals surface area contributed by atoms with Gasteiger partial charge in [0.25, 0.3) is 0 Å². The smallest absolute Gasteiger partial charge is 0.128 e. The molecule has 8 nitrogen and oxygen atoms in total. The molecule has 0 unspecified atom stereocenters. The van der Waals surface area contributed by atoms with Gasteiger partial charge in [0.2, 0.25) is 0 Å². The van der Waals surface area contributed by atoms with Crippen molar-refractivity contribution in [2.45, 2.75) is 180 Å². The molecule has 0 fully saturated rings. The van der Waals surface area contributed by atoms with E-state index in [4.69, 9.17) is 9.97 Å². The second-order valence-electron chi connectivity index (χ2n) is 18.9. The Kier molecular flexibility index (Phi) is 18.5. The van der Waals surface area contributed by atoms with Crippen molar-refractivity contribution in [2.24, 2.45) is 0 Å². The maximum atomic E-state index is 12.1. The molecule has 0 aliphatic carbocycles. The molecule has 0 saturated heterocycles. The van der Waals surface area contributed by atoms with Crippen molar-refractivity contribution >= 4 is 34.2 Å². The van der Waals surface area contributed by atoms with Crippen LogP contribution in [0.25, 0.3) is 56.5 Å². The number of unbranched alkanes of at least 4 members (excludes halogenated alkanes) is 20. The van der Waals surface area contributed by atoms with E-state index in [9.17, 15) is 20.4 Å². The highest BCUT2D eigenvalue weighted by Crippen LogP contribution is 2.42. The monoisotopic (exact) mass is 893 g/mol. The van der Waals surface area contributed by atoms with Gasteiger partial charge in [-0.3, -0.25) is 4.98 Å². The fourth-order valence-electron chi connectivity index (χ4n) is 10.1. The SMILES string of the molecule is CCCCCCCCCCCCCc1c2nc(c(-c3cccc(O)c3)c3ccc([nH]3)c(CCCCCCCCCCCCC)c3nc(c(-c4cccc(O)c4)c4ccc1[nH]4)[C@@H](O)[C@H]3O)C=C2.